The molecule has 0 aliphatic heterocycles. The van der Waals surface area contributed by atoms with Crippen molar-refractivity contribution < 1.29 is 5.11 Å². The van der Waals surface area contributed by atoms with Gasteiger partial charge >= 0.3 is 0 Å². The molecule has 1 N–H and O–H groups in total. The summed E-state index contributed by atoms with van der Waals surface area (Å²) in [5.41, 5.74) is 1.65. The average Bonchev–Trinajstić information content (AvgIpc) is 2.82. The van der Waals surface area contributed by atoms with Gasteiger partial charge in [0.25, 0.3) is 0 Å². The summed E-state index contributed by atoms with van der Waals surface area (Å²) in [5.74, 6) is 0.403. The summed E-state index contributed by atoms with van der Waals surface area (Å²) in [5, 5.41) is 14.6. The van der Waals surface area contributed by atoms with Gasteiger partial charge in [-0.25, -0.2) is 0 Å². The molecule has 1 aromatic rings. The number of aliphatic hydroxyl groups is 1. The maximum absolute atomic E-state index is 9.90. The van der Waals surface area contributed by atoms with Gasteiger partial charge in [-0.15, -0.1) is 0 Å². The zero-order valence-corrected chi connectivity index (χ0v) is 8.54. The van der Waals surface area contributed by atoms with Gasteiger partial charge in [0.2, 0.25) is 0 Å². The van der Waals surface area contributed by atoms with Gasteiger partial charge in [0.05, 0.1) is 11.8 Å². The molecule has 0 saturated heterocycles. The molecule has 1 aromatic heterocycles. The topological polar surface area (TPSA) is 38.0 Å². The lowest BCUT2D eigenvalue weighted by atomic mass is 10.1. The lowest BCUT2D eigenvalue weighted by molar-refractivity contribution is 0.153. The van der Waals surface area contributed by atoms with Crippen LogP contribution in [0.4, 0.5) is 0 Å². The zero-order chi connectivity index (χ0) is 9.59. The van der Waals surface area contributed by atoms with Gasteiger partial charge in [-0.1, -0.05) is 11.6 Å². The van der Waals surface area contributed by atoms with Crippen LogP contribution in [0.5, 0.6) is 0 Å². The first-order chi connectivity index (χ1) is 6.11. The van der Waals surface area contributed by atoms with Gasteiger partial charge in [0.1, 0.15) is 5.15 Å². The Morgan fingerprint density at radius 2 is 2.23 bits per heavy atom. The van der Waals surface area contributed by atoms with E-state index in [1.165, 1.54) is 0 Å². The number of nitrogens with zero attached hydrogens (tertiary/aromatic N) is 2. The van der Waals surface area contributed by atoms with Crippen molar-refractivity contribution in [3.8, 4) is 0 Å². The Labute approximate surface area is 82.3 Å². The molecule has 1 saturated carbocycles. The van der Waals surface area contributed by atoms with Crippen LogP contribution in [0.3, 0.4) is 0 Å². The third kappa shape index (κ3) is 1.46. The van der Waals surface area contributed by atoms with Crippen molar-refractivity contribution in [2.45, 2.75) is 25.9 Å². The Kier molecular flexibility index (Phi) is 2.08. The summed E-state index contributed by atoms with van der Waals surface area (Å²) >= 11 is 6.02. The average molecular weight is 201 g/mol. The minimum absolute atomic E-state index is 0.403. The normalized spacial score (nSPS) is 19.1. The second kappa shape index (κ2) is 3.00. The summed E-state index contributed by atoms with van der Waals surface area (Å²) in [6.07, 6.45) is 1.79. The Hall–Kier alpha value is -0.540. The van der Waals surface area contributed by atoms with E-state index >= 15 is 0 Å². The van der Waals surface area contributed by atoms with Gasteiger partial charge in [-0.3, -0.25) is 4.68 Å². The van der Waals surface area contributed by atoms with Gasteiger partial charge < -0.3 is 5.11 Å². The third-order valence-corrected chi connectivity index (χ3v) is 3.01. The van der Waals surface area contributed by atoms with Crippen molar-refractivity contribution in [3.05, 3.63) is 16.4 Å². The fourth-order valence-electron chi connectivity index (χ4n) is 1.63. The van der Waals surface area contributed by atoms with E-state index in [4.69, 9.17) is 11.6 Å². The fourth-order valence-corrected chi connectivity index (χ4v) is 1.92. The molecule has 13 heavy (non-hydrogen) atoms. The number of hydrogen-bond acceptors (Lipinski definition) is 2. The van der Waals surface area contributed by atoms with Gasteiger partial charge in [-0.05, 0) is 25.7 Å². The van der Waals surface area contributed by atoms with E-state index in [1.807, 2.05) is 6.92 Å². The smallest absolute Gasteiger partial charge is 0.132 e. The molecule has 1 heterocycles. The van der Waals surface area contributed by atoms with Gasteiger partial charge in [0, 0.05) is 12.6 Å². The first-order valence-corrected chi connectivity index (χ1v) is 4.86. The Balaban J connectivity index is 2.36. The Morgan fingerprint density at radius 1 is 1.62 bits per heavy atom. The molecule has 1 atom stereocenters. The van der Waals surface area contributed by atoms with E-state index in [2.05, 4.69) is 5.10 Å². The molecule has 72 valence electrons. The SMILES string of the molecule is Cc1nn(C)c(Cl)c1C(O)C1CC1. The first-order valence-electron chi connectivity index (χ1n) is 4.48. The Bertz CT molecular complexity index is 331. The first kappa shape index (κ1) is 9.03. The van der Waals surface area contributed by atoms with Crippen LogP contribution in [-0.4, -0.2) is 14.9 Å². The number of halogens is 1. The maximum atomic E-state index is 9.90. The minimum Gasteiger partial charge on any atom is -0.388 e. The minimum atomic E-state index is -0.416. The molecule has 1 fully saturated rings. The lowest BCUT2D eigenvalue weighted by Gasteiger charge is -2.08. The summed E-state index contributed by atoms with van der Waals surface area (Å²) in [6, 6.07) is 0. The second-order valence-electron chi connectivity index (χ2n) is 3.70. The Morgan fingerprint density at radius 3 is 2.62 bits per heavy atom. The van der Waals surface area contributed by atoms with Crippen LogP contribution in [0.25, 0.3) is 0 Å². The van der Waals surface area contributed by atoms with Gasteiger partial charge in [-0.2, -0.15) is 5.10 Å². The van der Waals surface area contributed by atoms with Crippen molar-refractivity contribution in [3.63, 3.8) is 0 Å². The molecule has 0 bridgehead atoms. The number of rotatable bonds is 2. The highest BCUT2D eigenvalue weighted by atomic mass is 35.5. The summed E-state index contributed by atoms with van der Waals surface area (Å²) in [4.78, 5) is 0. The van der Waals surface area contributed by atoms with Crippen LogP contribution in [0, 0.1) is 12.8 Å². The highest BCUT2D eigenvalue weighted by Gasteiger charge is 2.34. The van der Waals surface area contributed by atoms with Crippen molar-refractivity contribution in [2.24, 2.45) is 13.0 Å². The van der Waals surface area contributed by atoms with Crippen molar-refractivity contribution in [1.29, 1.82) is 0 Å². The van der Waals surface area contributed by atoms with Crippen molar-refractivity contribution in [1.82, 2.24) is 9.78 Å². The van der Waals surface area contributed by atoms with Crippen LogP contribution in [-0.2, 0) is 7.05 Å². The molecule has 0 radical (unpaired) electrons. The molecule has 3 nitrogen and oxygen atoms in total. The third-order valence-electron chi connectivity index (χ3n) is 2.56. The second-order valence-corrected chi connectivity index (χ2v) is 4.05. The van der Waals surface area contributed by atoms with Crippen molar-refractivity contribution in [2.75, 3.05) is 0 Å². The molecule has 0 amide bonds. The monoisotopic (exact) mass is 200 g/mol. The predicted octanol–water partition coefficient (Wildman–Crippen LogP) is 1.83. The van der Waals surface area contributed by atoms with Crippen molar-refractivity contribution >= 4 is 11.6 Å². The summed E-state index contributed by atoms with van der Waals surface area (Å²) in [6.45, 7) is 1.88. The highest BCUT2D eigenvalue weighted by Crippen LogP contribution is 2.43. The zero-order valence-electron chi connectivity index (χ0n) is 7.79. The summed E-state index contributed by atoms with van der Waals surface area (Å²) < 4.78 is 1.61. The van der Waals surface area contributed by atoms with E-state index in [9.17, 15) is 5.11 Å². The highest BCUT2D eigenvalue weighted by molar-refractivity contribution is 6.30. The summed E-state index contributed by atoms with van der Waals surface area (Å²) in [7, 11) is 1.79. The maximum Gasteiger partial charge on any atom is 0.132 e. The fraction of sp³-hybridized carbons (Fsp3) is 0.667. The number of aryl methyl sites for hydroxylation is 2. The molecule has 0 aromatic carbocycles. The predicted molar refractivity (Wildman–Crippen MR) is 50.6 cm³/mol. The molecular formula is C9H13ClN2O. The van der Waals surface area contributed by atoms with Gasteiger partial charge in [0.15, 0.2) is 0 Å². The van der Waals surface area contributed by atoms with Crippen LogP contribution in [0.1, 0.15) is 30.2 Å². The quantitative estimate of drug-likeness (QED) is 0.791. The largest absolute Gasteiger partial charge is 0.388 e. The molecule has 1 aliphatic rings. The molecule has 0 spiro atoms. The molecular weight excluding hydrogens is 188 g/mol. The molecule has 2 rings (SSSR count). The van der Waals surface area contributed by atoms with Crippen LogP contribution in [0.15, 0.2) is 0 Å². The molecule has 1 unspecified atom stereocenters. The van der Waals surface area contributed by atoms with E-state index < -0.39 is 6.10 Å². The molecule has 1 aliphatic carbocycles. The van der Waals surface area contributed by atoms with E-state index in [-0.39, 0.29) is 0 Å². The van der Waals surface area contributed by atoms with E-state index in [0.29, 0.717) is 11.1 Å². The van der Waals surface area contributed by atoms with E-state index in [0.717, 1.165) is 24.1 Å². The number of aromatic nitrogens is 2. The van der Waals surface area contributed by atoms with E-state index in [1.54, 1.807) is 11.7 Å². The number of hydrogen-bond donors (Lipinski definition) is 1. The standard InChI is InChI=1S/C9H13ClN2O/c1-5-7(8(13)6-3-4-6)9(10)12(2)11-5/h6,8,13H,3-4H2,1-2H3. The lowest BCUT2D eigenvalue weighted by Crippen LogP contribution is -2.01. The molecule has 4 heteroatoms. The van der Waals surface area contributed by atoms with Crippen LogP contribution >= 0.6 is 11.6 Å². The van der Waals surface area contributed by atoms with Crippen LogP contribution in [0.2, 0.25) is 5.15 Å². The number of aliphatic hydroxyl groups excluding tert-OH is 1. The van der Waals surface area contributed by atoms with Crippen LogP contribution < -0.4 is 0 Å².